The van der Waals surface area contributed by atoms with Crippen molar-refractivity contribution in [1.82, 2.24) is 5.32 Å². The summed E-state index contributed by atoms with van der Waals surface area (Å²) in [5.41, 5.74) is 0.655. The minimum Gasteiger partial charge on any atom is -0.350 e. The highest BCUT2D eigenvalue weighted by molar-refractivity contribution is 7.80. The molecule has 1 N–H and O–H groups in total. The summed E-state index contributed by atoms with van der Waals surface area (Å²) in [5, 5.41) is 2.81. The van der Waals surface area contributed by atoms with E-state index in [1.807, 2.05) is 13.8 Å². The van der Waals surface area contributed by atoms with E-state index in [4.69, 9.17) is 12.6 Å². The van der Waals surface area contributed by atoms with Crippen molar-refractivity contribution in [3.63, 3.8) is 0 Å². The molecular weight excluding hydrogens is 182 g/mol. The first-order chi connectivity index (χ1) is 6.09. The lowest BCUT2D eigenvalue weighted by atomic mass is 10.2. The van der Waals surface area contributed by atoms with Crippen molar-refractivity contribution in [3.8, 4) is 0 Å². The van der Waals surface area contributed by atoms with Crippen LogP contribution in [0.3, 0.4) is 0 Å². The van der Waals surface area contributed by atoms with Gasteiger partial charge in [0.2, 0.25) is 0 Å². The molecule has 69 valence electrons. The zero-order valence-electron chi connectivity index (χ0n) is 7.70. The lowest BCUT2D eigenvalue weighted by molar-refractivity contribution is 0.0943. The zero-order chi connectivity index (χ0) is 9.84. The van der Waals surface area contributed by atoms with E-state index >= 15 is 0 Å². The van der Waals surface area contributed by atoms with E-state index in [1.54, 1.807) is 24.3 Å². The zero-order valence-corrected chi connectivity index (χ0v) is 8.52. The Labute approximate surface area is 83.8 Å². The van der Waals surface area contributed by atoms with Gasteiger partial charge in [0.25, 0.3) is 5.91 Å². The number of rotatable bonds is 2. The van der Waals surface area contributed by atoms with Crippen LogP contribution in [0.15, 0.2) is 29.2 Å². The summed E-state index contributed by atoms with van der Waals surface area (Å²) in [6.45, 7) is 3.86. The quantitative estimate of drug-likeness (QED) is 0.769. The summed E-state index contributed by atoms with van der Waals surface area (Å²) in [4.78, 5) is 12.2. The third-order valence-corrected chi connectivity index (χ3v) is 1.81. The molecule has 1 aromatic carbocycles. The molecule has 0 saturated heterocycles. The van der Waals surface area contributed by atoms with Crippen LogP contribution < -0.4 is 5.32 Å². The highest BCUT2D eigenvalue weighted by Crippen LogP contribution is 2.07. The van der Waals surface area contributed by atoms with Gasteiger partial charge >= 0.3 is 0 Å². The maximum absolute atomic E-state index is 11.4. The maximum atomic E-state index is 11.4. The third-order valence-electron chi connectivity index (χ3n) is 1.54. The molecule has 0 fully saturated rings. The van der Waals surface area contributed by atoms with Gasteiger partial charge in [-0.25, -0.2) is 0 Å². The minimum atomic E-state index is -0.0509. The van der Waals surface area contributed by atoms with Crippen molar-refractivity contribution in [1.29, 1.82) is 0 Å². The van der Waals surface area contributed by atoms with E-state index in [2.05, 4.69) is 5.32 Å². The number of nitrogens with one attached hydrogen (secondary N) is 1. The van der Waals surface area contributed by atoms with Crippen LogP contribution in [-0.4, -0.2) is 11.9 Å². The molecule has 2 nitrogen and oxygen atoms in total. The van der Waals surface area contributed by atoms with Gasteiger partial charge in [-0.05, 0) is 38.1 Å². The molecule has 0 aliphatic heterocycles. The topological polar surface area (TPSA) is 29.1 Å². The van der Waals surface area contributed by atoms with Crippen LogP contribution in [-0.2, 0) is 0 Å². The SMILES string of the molecule is CC(C)NC(=O)c1ccc([S])cc1. The Morgan fingerprint density at radius 1 is 1.31 bits per heavy atom. The summed E-state index contributed by atoms with van der Waals surface area (Å²) in [6.07, 6.45) is 0. The van der Waals surface area contributed by atoms with Gasteiger partial charge in [0.1, 0.15) is 0 Å². The molecule has 1 rings (SSSR count). The Morgan fingerprint density at radius 3 is 2.31 bits per heavy atom. The lowest BCUT2D eigenvalue weighted by Gasteiger charge is -2.07. The first-order valence-corrected chi connectivity index (χ1v) is 4.58. The second-order valence-corrected chi connectivity index (χ2v) is 3.62. The molecule has 0 aliphatic carbocycles. The smallest absolute Gasteiger partial charge is 0.251 e. The monoisotopic (exact) mass is 194 g/mol. The molecule has 0 atom stereocenters. The molecule has 0 unspecified atom stereocenters. The highest BCUT2D eigenvalue weighted by Gasteiger charge is 2.05. The van der Waals surface area contributed by atoms with Crippen LogP contribution in [0.25, 0.3) is 0 Å². The predicted molar refractivity (Wildman–Crippen MR) is 54.9 cm³/mol. The molecule has 0 aromatic heterocycles. The van der Waals surface area contributed by atoms with Crippen LogP contribution in [0.4, 0.5) is 0 Å². The van der Waals surface area contributed by atoms with E-state index < -0.39 is 0 Å². The van der Waals surface area contributed by atoms with Gasteiger partial charge in [-0.15, -0.1) is 0 Å². The number of carbonyl (C=O) groups is 1. The number of amides is 1. The Morgan fingerprint density at radius 2 is 1.85 bits per heavy atom. The molecule has 1 radical (unpaired) electrons. The standard InChI is InChI=1S/C10H12NOS/c1-7(2)11-10(12)8-3-5-9(13)6-4-8/h3-7H,1-2H3,(H,11,12). The van der Waals surface area contributed by atoms with Crippen molar-refractivity contribution >= 4 is 18.5 Å². The fourth-order valence-corrected chi connectivity index (χ4v) is 1.09. The summed E-state index contributed by atoms with van der Waals surface area (Å²) in [5.74, 6) is -0.0509. The van der Waals surface area contributed by atoms with E-state index in [0.29, 0.717) is 5.56 Å². The van der Waals surface area contributed by atoms with Crippen LogP contribution >= 0.6 is 12.6 Å². The van der Waals surface area contributed by atoms with E-state index in [1.165, 1.54) is 0 Å². The fraction of sp³-hybridized carbons (Fsp3) is 0.300. The molecule has 0 heterocycles. The number of carbonyl (C=O) groups excluding carboxylic acids is 1. The average Bonchev–Trinajstić information content (AvgIpc) is 2.04. The van der Waals surface area contributed by atoms with Gasteiger partial charge in [-0.1, -0.05) is 12.6 Å². The van der Waals surface area contributed by atoms with Crippen LogP contribution in [0, 0.1) is 0 Å². The fourth-order valence-electron chi connectivity index (χ4n) is 0.952. The van der Waals surface area contributed by atoms with E-state index in [9.17, 15) is 4.79 Å². The predicted octanol–water partition coefficient (Wildman–Crippen LogP) is 2.38. The first-order valence-electron chi connectivity index (χ1n) is 4.17. The Balaban J connectivity index is 2.72. The minimum absolute atomic E-state index is 0.0509. The molecule has 0 bridgehead atoms. The molecule has 0 aliphatic rings. The van der Waals surface area contributed by atoms with Crippen molar-refractivity contribution in [3.05, 3.63) is 29.8 Å². The number of hydrogen-bond acceptors (Lipinski definition) is 1. The highest BCUT2D eigenvalue weighted by atomic mass is 32.1. The summed E-state index contributed by atoms with van der Waals surface area (Å²) in [6, 6.07) is 7.14. The Kier molecular flexibility index (Phi) is 3.25. The molecule has 1 amide bonds. The van der Waals surface area contributed by atoms with Crippen molar-refractivity contribution in [2.45, 2.75) is 24.8 Å². The summed E-state index contributed by atoms with van der Waals surface area (Å²) >= 11 is 4.91. The van der Waals surface area contributed by atoms with Gasteiger partial charge in [0, 0.05) is 16.5 Å². The van der Waals surface area contributed by atoms with Gasteiger partial charge in [-0.2, -0.15) is 0 Å². The second kappa shape index (κ2) is 4.23. The Bertz CT molecular complexity index is 292. The van der Waals surface area contributed by atoms with Crippen molar-refractivity contribution in [2.24, 2.45) is 0 Å². The third kappa shape index (κ3) is 3.03. The summed E-state index contributed by atoms with van der Waals surface area (Å²) < 4.78 is 0. The number of hydrogen-bond donors (Lipinski definition) is 1. The summed E-state index contributed by atoms with van der Waals surface area (Å²) in [7, 11) is 0. The molecule has 0 spiro atoms. The van der Waals surface area contributed by atoms with Crippen molar-refractivity contribution in [2.75, 3.05) is 0 Å². The molecule has 1 aromatic rings. The molecule has 3 heteroatoms. The van der Waals surface area contributed by atoms with Gasteiger partial charge in [0.05, 0.1) is 0 Å². The second-order valence-electron chi connectivity index (χ2n) is 3.15. The molecule has 0 saturated carbocycles. The van der Waals surface area contributed by atoms with Gasteiger partial charge in [-0.3, -0.25) is 4.79 Å². The lowest BCUT2D eigenvalue weighted by Crippen LogP contribution is -2.29. The Hall–Kier alpha value is -1.09. The first kappa shape index (κ1) is 9.99. The normalized spacial score (nSPS) is 10.1. The molecule has 13 heavy (non-hydrogen) atoms. The number of benzene rings is 1. The van der Waals surface area contributed by atoms with Crippen LogP contribution in [0.2, 0.25) is 0 Å². The largest absolute Gasteiger partial charge is 0.350 e. The van der Waals surface area contributed by atoms with Crippen molar-refractivity contribution < 1.29 is 4.79 Å². The van der Waals surface area contributed by atoms with E-state index in [0.717, 1.165) is 4.90 Å². The van der Waals surface area contributed by atoms with Gasteiger partial charge < -0.3 is 5.32 Å². The van der Waals surface area contributed by atoms with Gasteiger partial charge in [0.15, 0.2) is 0 Å². The average molecular weight is 194 g/mol. The van der Waals surface area contributed by atoms with Crippen LogP contribution in [0.1, 0.15) is 24.2 Å². The maximum Gasteiger partial charge on any atom is 0.251 e. The van der Waals surface area contributed by atoms with E-state index in [-0.39, 0.29) is 11.9 Å². The van der Waals surface area contributed by atoms with Crippen LogP contribution in [0.5, 0.6) is 0 Å². The molecular formula is C10H12NOS.